The van der Waals surface area contributed by atoms with E-state index >= 15 is 0 Å². The summed E-state index contributed by atoms with van der Waals surface area (Å²) in [5, 5.41) is 0. The summed E-state index contributed by atoms with van der Waals surface area (Å²) in [6.07, 6.45) is 11.0. The molecule has 20 heavy (non-hydrogen) atoms. The van der Waals surface area contributed by atoms with Crippen molar-refractivity contribution in [3.63, 3.8) is 0 Å². The van der Waals surface area contributed by atoms with Crippen molar-refractivity contribution in [3.05, 3.63) is 34.3 Å². The van der Waals surface area contributed by atoms with Gasteiger partial charge < -0.3 is 5.73 Å². The molecular weight excluding hydrogens is 310 g/mol. The minimum Gasteiger partial charge on any atom is -0.327 e. The molecule has 2 N–H and O–H groups in total. The third kappa shape index (κ3) is 3.28. The molecule has 0 aliphatic heterocycles. The maximum atomic E-state index is 6.55. The van der Waals surface area contributed by atoms with E-state index in [1.165, 1.54) is 55.0 Å². The van der Waals surface area contributed by atoms with Crippen LogP contribution in [0.15, 0.2) is 28.7 Å². The number of hydrogen-bond donors (Lipinski definition) is 1. The molecule has 2 heteroatoms. The van der Waals surface area contributed by atoms with Gasteiger partial charge in [-0.1, -0.05) is 59.8 Å². The van der Waals surface area contributed by atoms with Crippen LogP contribution in [0.2, 0.25) is 0 Å². The molecule has 0 radical (unpaired) electrons. The lowest BCUT2D eigenvalue weighted by Gasteiger charge is -2.41. The SMILES string of the molecule is NC(Cc1ccccc1Br)C1CCC2CCCCC2C1. The normalized spacial score (nSPS) is 31.6. The standard InChI is InChI=1S/C18H26BrN/c19-17-8-4-3-7-15(17)12-18(20)16-10-9-13-5-1-2-6-14(13)11-16/h3-4,7-8,13-14,16,18H,1-2,5-6,9-12,20H2. The Hall–Kier alpha value is -0.340. The average molecular weight is 336 g/mol. The summed E-state index contributed by atoms with van der Waals surface area (Å²) in [6.45, 7) is 0. The molecule has 4 atom stereocenters. The lowest BCUT2D eigenvalue weighted by Crippen LogP contribution is -2.38. The molecule has 0 aromatic heterocycles. The van der Waals surface area contributed by atoms with Gasteiger partial charge >= 0.3 is 0 Å². The maximum Gasteiger partial charge on any atom is 0.0207 e. The first-order valence-electron chi connectivity index (χ1n) is 8.23. The summed E-state index contributed by atoms with van der Waals surface area (Å²) in [7, 11) is 0. The Labute approximate surface area is 131 Å². The molecule has 1 aromatic rings. The van der Waals surface area contributed by atoms with Crippen LogP contribution in [0.1, 0.15) is 50.5 Å². The second-order valence-corrected chi connectivity index (χ2v) is 7.69. The van der Waals surface area contributed by atoms with Crippen LogP contribution in [0, 0.1) is 17.8 Å². The van der Waals surface area contributed by atoms with Crippen LogP contribution in [-0.4, -0.2) is 6.04 Å². The summed E-state index contributed by atoms with van der Waals surface area (Å²) < 4.78 is 1.21. The van der Waals surface area contributed by atoms with Crippen molar-refractivity contribution in [2.45, 2.75) is 57.4 Å². The highest BCUT2D eigenvalue weighted by atomic mass is 79.9. The Morgan fingerprint density at radius 2 is 1.80 bits per heavy atom. The quantitative estimate of drug-likeness (QED) is 0.832. The molecule has 1 aromatic carbocycles. The lowest BCUT2D eigenvalue weighted by atomic mass is 9.66. The van der Waals surface area contributed by atoms with Crippen molar-refractivity contribution < 1.29 is 0 Å². The van der Waals surface area contributed by atoms with E-state index in [-0.39, 0.29) is 0 Å². The first kappa shape index (κ1) is 14.6. The molecule has 4 unspecified atom stereocenters. The number of halogens is 1. The zero-order valence-electron chi connectivity index (χ0n) is 12.2. The van der Waals surface area contributed by atoms with E-state index in [0.717, 1.165) is 24.2 Å². The molecule has 0 amide bonds. The van der Waals surface area contributed by atoms with Crippen LogP contribution in [0.3, 0.4) is 0 Å². The largest absolute Gasteiger partial charge is 0.327 e. The van der Waals surface area contributed by atoms with Crippen molar-refractivity contribution in [2.75, 3.05) is 0 Å². The van der Waals surface area contributed by atoms with E-state index in [4.69, 9.17) is 5.73 Å². The second-order valence-electron chi connectivity index (χ2n) is 6.84. The minimum absolute atomic E-state index is 0.330. The third-order valence-electron chi connectivity index (χ3n) is 5.60. The van der Waals surface area contributed by atoms with Gasteiger partial charge in [-0.2, -0.15) is 0 Å². The third-order valence-corrected chi connectivity index (χ3v) is 6.37. The molecule has 110 valence electrons. The van der Waals surface area contributed by atoms with Crippen LogP contribution in [0.25, 0.3) is 0 Å². The molecule has 0 saturated heterocycles. The molecule has 2 aliphatic carbocycles. The summed E-state index contributed by atoms with van der Waals surface area (Å²) >= 11 is 3.65. The summed E-state index contributed by atoms with van der Waals surface area (Å²) in [5.41, 5.74) is 7.92. The molecule has 2 aliphatic rings. The Morgan fingerprint density at radius 3 is 2.60 bits per heavy atom. The second kappa shape index (κ2) is 6.62. The van der Waals surface area contributed by atoms with Crippen LogP contribution >= 0.6 is 15.9 Å². The van der Waals surface area contributed by atoms with Gasteiger partial charge in [-0.25, -0.2) is 0 Å². The van der Waals surface area contributed by atoms with E-state index in [2.05, 4.69) is 40.2 Å². The zero-order chi connectivity index (χ0) is 13.9. The Morgan fingerprint density at radius 1 is 1.05 bits per heavy atom. The maximum absolute atomic E-state index is 6.55. The smallest absolute Gasteiger partial charge is 0.0207 e. The van der Waals surface area contributed by atoms with Gasteiger partial charge in [0.25, 0.3) is 0 Å². The molecule has 0 bridgehead atoms. The average Bonchev–Trinajstić information content (AvgIpc) is 2.49. The summed E-state index contributed by atoms with van der Waals surface area (Å²) in [4.78, 5) is 0. The van der Waals surface area contributed by atoms with Crippen LogP contribution < -0.4 is 5.73 Å². The van der Waals surface area contributed by atoms with Gasteiger partial charge in [-0.05, 0) is 55.1 Å². The van der Waals surface area contributed by atoms with E-state index in [1.54, 1.807) is 0 Å². The minimum atomic E-state index is 0.330. The van der Waals surface area contributed by atoms with Crippen LogP contribution in [0.5, 0.6) is 0 Å². The van der Waals surface area contributed by atoms with Crippen molar-refractivity contribution >= 4 is 15.9 Å². The van der Waals surface area contributed by atoms with E-state index in [0.29, 0.717) is 6.04 Å². The fourth-order valence-corrected chi connectivity index (χ4v) is 4.83. The van der Waals surface area contributed by atoms with Gasteiger partial charge in [0.1, 0.15) is 0 Å². The molecule has 0 heterocycles. The van der Waals surface area contributed by atoms with Gasteiger partial charge in [0.2, 0.25) is 0 Å². The summed E-state index contributed by atoms with van der Waals surface area (Å²) in [6, 6.07) is 8.85. The van der Waals surface area contributed by atoms with E-state index < -0.39 is 0 Å². The summed E-state index contributed by atoms with van der Waals surface area (Å²) in [5.74, 6) is 2.74. The molecule has 0 spiro atoms. The Balaban J connectivity index is 1.60. The fraction of sp³-hybridized carbons (Fsp3) is 0.667. The predicted octanol–water partition coefficient (Wildman–Crippen LogP) is 4.93. The van der Waals surface area contributed by atoms with Crippen molar-refractivity contribution in [1.82, 2.24) is 0 Å². The van der Waals surface area contributed by atoms with Crippen molar-refractivity contribution in [1.29, 1.82) is 0 Å². The monoisotopic (exact) mass is 335 g/mol. The Bertz CT molecular complexity index is 445. The Kier molecular flexibility index (Phi) is 4.83. The highest BCUT2D eigenvalue weighted by Gasteiger charge is 2.34. The van der Waals surface area contributed by atoms with Crippen molar-refractivity contribution in [2.24, 2.45) is 23.5 Å². The first-order valence-corrected chi connectivity index (χ1v) is 9.02. The number of rotatable bonds is 3. The predicted molar refractivity (Wildman–Crippen MR) is 88.6 cm³/mol. The first-order chi connectivity index (χ1) is 9.74. The van der Waals surface area contributed by atoms with Crippen molar-refractivity contribution in [3.8, 4) is 0 Å². The fourth-order valence-electron chi connectivity index (χ4n) is 4.38. The topological polar surface area (TPSA) is 26.0 Å². The number of fused-ring (bicyclic) bond motifs is 1. The molecule has 2 fully saturated rings. The van der Waals surface area contributed by atoms with Gasteiger partial charge in [-0.15, -0.1) is 0 Å². The zero-order valence-corrected chi connectivity index (χ0v) is 13.8. The lowest BCUT2D eigenvalue weighted by molar-refractivity contribution is 0.117. The number of hydrogen-bond acceptors (Lipinski definition) is 1. The van der Waals surface area contributed by atoms with Gasteiger partial charge in [0.05, 0.1) is 0 Å². The van der Waals surface area contributed by atoms with Gasteiger partial charge in [0.15, 0.2) is 0 Å². The van der Waals surface area contributed by atoms with Crippen LogP contribution in [0.4, 0.5) is 0 Å². The molecular formula is C18H26BrN. The van der Waals surface area contributed by atoms with Gasteiger partial charge in [0, 0.05) is 10.5 Å². The highest BCUT2D eigenvalue weighted by molar-refractivity contribution is 9.10. The highest BCUT2D eigenvalue weighted by Crippen LogP contribution is 2.43. The molecule has 1 nitrogen and oxygen atoms in total. The molecule has 2 saturated carbocycles. The number of benzene rings is 1. The van der Waals surface area contributed by atoms with E-state index in [1.807, 2.05) is 0 Å². The van der Waals surface area contributed by atoms with E-state index in [9.17, 15) is 0 Å². The van der Waals surface area contributed by atoms with Crippen LogP contribution in [-0.2, 0) is 6.42 Å². The number of nitrogens with two attached hydrogens (primary N) is 1. The molecule has 3 rings (SSSR count). The van der Waals surface area contributed by atoms with Gasteiger partial charge in [-0.3, -0.25) is 0 Å².